The van der Waals surface area contributed by atoms with Crippen molar-refractivity contribution < 1.29 is 9.53 Å². The quantitative estimate of drug-likeness (QED) is 0.744. The Kier molecular flexibility index (Phi) is 6.45. The molecule has 5 heteroatoms. The molecule has 2 heterocycles. The first kappa shape index (κ1) is 16.7. The fourth-order valence-corrected chi connectivity index (χ4v) is 3.48. The first-order chi connectivity index (χ1) is 10.1. The lowest BCUT2D eigenvalue weighted by atomic mass is 9.99. The summed E-state index contributed by atoms with van der Waals surface area (Å²) in [6.07, 6.45) is 4.00. The summed E-state index contributed by atoms with van der Waals surface area (Å²) in [6, 6.07) is 0.768. The highest BCUT2D eigenvalue weighted by atomic mass is 16.5. The molecular formula is C16H31N3O2. The Labute approximate surface area is 129 Å². The number of nitrogens with one attached hydrogen (secondary N) is 1. The summed E-state index contributed by atoms with van der Waals surface area (Å²) in [5.41, 5.74) is 0. The molecule has 2 atom stereocenters. The van der Waals surface area contributed by atoms with Crippen molar-refractivity contribution in [2.45, 2.75) is 58.2 Å². The lowest BCUT2D eigenvalue weighted by Gasteiger charge is -2.44. The Balaban J connectivity index is 1.88. The van der Waals surface area contributed by atoms with Crippen molar-refractivity contribution in [2.75, 3.05) is 39.3 Å². The molecule has 0 aromatic rings. The Morgan fingerprint density at radius 3 is 2.81 bits per heavy atom. The number of esters is 1. The van der Waals surface area contributed by atoms with Crippen LogP contribution in [0.4, 0.5) is 0 Å². The third-order valence-corrected chi connectivity index (χ3v) is 4.47. The van der Waals surface area contributed by atoms with Gasteiger partial charge >= 0.3 is 5.97 Å². The van der Waals surface area contributed by atoms with E-state index in [1.807, 2.05) is 6.92 Å². The van der Waals surface area contributed by atoms with Gasteiger partial charge < -0.3 is 10.1 Å². The van der Waals surface area contributed by atoms with Crippen molar-refractivity contribution in [3.05, 3.63) is 0 Å². The van der Waals surface area contributed by atoms with Crippen LogP contribution in [0, 0.1) is 0 Å². The number of nitrogens with zero attached hydrogens (tertiary/aromatic N) is 2. The molecule has 2 fully saturated rings. The van der Waals surface area contributed by atoms with Crippen LogP contribution in [0.1, 0.15) is 40.0 Å². The maximum Gasteiger partial charge on any atom is 0.324 e. The number of ether oxygens (including phenoxy) is 1. The molecule has 0 spiro atoms. The van der Waals surface area contributed by atoms with E-state index in [2.05, 4.69) is 29.0 Å². The molecule has 5 nitrogen and oxygen atoms in total. The number of piperazine rings is 1. The van der Waals surface area contributed by atoms with Gasteiger partial charge in [-0.25, -0.2) is 0 Å². The molecule has 0 aliphatic carbocycles. The molecule has 0 aromatic carbocycles. The summed E-state index contributed by atoms with van der Waals surface area (Å²) in [4.78, 5) is 17.2. The molecule has 2 aliphatic heterocycles. The van der Waals surface area contributed by atoms with Crippen molar-refractivity contribution in [1.29, 1.82) is 0 Å². The van der Waals surface area contributed by atoms with Crippen molar-refractivity contribution in [2.24, 2.45) is 0 Å². The van der Waals surface area contributed by atoms with E-state index in [-0.39, 0.29) is 18.1 Å². The van der Waals surface area contributed by atoms with Gasteiger partial charge in [-0.3, -0.25) is 14.6 Å². The number of carbonyl (C=O) groups is 1. The zero-order valence-corrected chi connectivity index (χ0v) is 13.8. The monoisotopic (exact) mass is 297 g/mol. The number of fused-ring (bicyclic) bond motifs is 1. The largest absolute Gasteiger partial charge is 0.465 e. The average molecular weight is 297 g/mol. The highest BCUT2D eigenvalue weighted by Crippen LogP contribution is 2.21. The lowest BCUT2D eigenvalue weighted by molar-refractivity contribution is -0.146. The Hall–Kier alpha value is -0.650. The normalized spacial score (nSPS) is 25.6. The van der Waals surface area contributed by atoms with Gasteiger partial charge in [0.1, 0.15) is 6.04 Å². The molecule has 0 amide bonds. The summed E-state index contributed by atoms with van der Waals surface area (Å²) < 4.78 is 5.21. The second-order valence-corrected chi connectivity index (χ2v) is 6.57. The van der Waals surface area contributed by atoms with E-state index < -0.39 is 0 Å². The molecule has 2 rings (SSSR count). The summed E-state index contributed by atoms with van der Waals surface area (Å²) in [6.45, 7) is 11.8. The lowest BCUT2D eigenvalue weighted by Crippen LogP contribution is -2.58. The standard InChI is InChI=1S/C16H31N3O2/c1-4-21-16(20)15(17-13(2)3)12-18-9-10-19-8-6-5-7-14(19)11-18/h13-15,17H,4-12H2,1-3H3. The third kappa shape index (κ3) is 4.94. The number of hydrogen-bond acceptors (Lipinski definition) is 5. The second-order valence-electron chi connectivity index (χ2n) is 6.57. The van der Waals surface area contributed by atoms with E-state index in [1.165, 1.54) is 25.8 Å². The summed E-state index contributed by atoms with van der Waals surface area (Å²) in [7, 11) is 0. The summed E-state index contributed by atoms with van der Waals surface area (Å²) in [5, 5.41) is 3.35. The minimum atomic E-state index is -0.208. The van der Waals surface area contributed by atoms with Crippen LogP contribution in [0.25, 0.3) is 0 Å². The maximum atomic E-state index is 12.1. The Bertz CT molecular complexity index is 335. The van der Waals surface area contributed by atoms with Gasteiger partial charge in [0.25, 0.3) is 0 Å². The molecular weight excluding hydrogens is 266 g/mol. The zero-order valence-electron chi connectivity index (χ0n) is 13.8. The van der Waals surface area contributed by atoms with Crippen LogP contribution in [0.2, 0.25) is 0 Å². The SMILES string of the molecule is CCOC(=O)C(CN1CCN2CCCCC2C1)NC(C)C. The maximum absolute atomic E-state index is 12.1. The minimum absolute atomic E-state index is 0.114. The van der Waals surface area contributed by atoms with E-state index >= 15 is 0 Å². The van der Waals surface area contributed by atoms with Gasteiger partial charge in [-0.1, -0.05) is 20.3 Å². The number of rotatable bonds is 6. The number of hydrogen-bond donors (Lipinski definition) is 1. The molecule has 21 heavy (non-hydrogen) atoms. The fourth-order valence-electron chi connectivity index (χ4n) is 3.48. The van der Waals surface area contributed by atoms with Crippen molar-refractivity contribution in [1.82, 2.24) is 15.1 Å². The predicted octanol–water partition coefficient (Wildman–Crippen LogP) is 1.09. The third-order valence-electron chi connectivity index (χ3n) is 4.47. The first-order valence-corrected chi connectivity index (χ1v) is 8.49. The second kappa shape index (κ2) is 8.11. The van der Waals surface area contributed by atoms with E-state index in [1.54, 1.807) is 0 Å². The molecule has 0 aromatic heterocycles. The minimum Gasteiger partial charge on any atom is -0.465 e. The number of carbonyl (C=O) groups excluding carboxylic acids is 1. The van der Waals surface area contributed by atoms with Gasteiger partial charge in [-0.15, -0.1) is 0 Å². The molecule has 0 saturated carbocycles. The fraction of sp³-hybridized carbons (Fsp3) is 0.938. The van der Waals surface area contributed by atoms with Crippen molar-refractivity contribution >= 4 is 5.97 Å². The van der Waals surface area contributed by atoms with Crippen LogP contribution in [-0.4, -0.2) is 73.2 Å². The molecule has 122 valence electrons. The van der Waals surface area contributed by atoms with Crippen LogP contribution in [-0.2, 0) is 9.53 Å². The Morgan fingerprint density at radius 2 is 2.10 bits per heavy atom. The van der Waals surface area contributed by atoms with Gasteiger partial charge in [-0.2, -0.15) is 0 Å². The predicted molar refractivity (Wildman–Crippen MR) is 84.3 cm³/mol. The van der Waals surface area contributed by atoms with Crippen molar-refractivity contribution in [3.63, 3.8) is 0 Å². The molecule has 2 saturated heterocycles. The van der Waals surface area contributed by atoms with Gasteiger partial charge in [0.05, 0.1) is 6.61 Å². The van der Waals surface area contributed by atoms with Gasteiger partial charge in [-0.05, 0) is 26.3 Å². The van der Waals surface area contributed by atoms with Crippen LogP contribution in [0.5, 0.6) is 0 Å². The zero-order chi connectivity index (χ0) is 15.2. The van der Waals surface area contributed by atoms with Crippen LogP contribution >= 0.6 is 0 Å². The number of piperidine rings is 1. The van der Waals surface area contributed by atoms with Gasteiger partial charge in [0, 0.05) is 38.3 Å². The molecule has 2 aliphatic rings. The highest BCUT2D eigenvalue weighted by molar-refractivity contribution is 5.76. The van der Waals surface area contributed by atoms with Gasteiger partial charge in [0.2, 0.25) is 0 Å². The van der Waals surface area contributed by atoms with E-state index in [4.69, 9.17) is 4.74 Å². The van der Waals surface area contributed by atoms with E-state index in [9.17, 15) is 4.79 Å². The topological polar surface area (TPSA) is 44.8 Å². The smallest absolute Gasteiger partial charge is 0.324 e. The summed E-state index contributed by atoms with van der Waals surface area (Å²) in [5.74, 6) is -0.114. The summed E-state index contributed by atoms with van der Waals surface area (Å²) >= 11 is 0. The van der Waals surface area contributed by atoms with Crippen LogP contribution in [0.3, 0.4) is 0 Å². The highest BCUT2D eigenvalue weighted by Gasteiger charge is 2.31. The van der Waals surface area contributed by atoms with E-state index in [0.29, 0.717) is 12.6 Å². The molecule has 0 radical (unpaired) electrons. The van der Waals surface area contributed by atoms with Crippen molar-refractivity contribution in [3.8, 4) is 0 Å². The first-order valence-electron chi connectivity index (χ1n) is 8.49. The van der Waals surface area contributed by atoms with Gasteiger partial charge in [0.15, 0.2) is 0 Å². The van der Waals surface area contributed by atoms with Crippen LogP contribution in [0.15, 0.2) is 0 Å². The Morgan fingerprint density at radius 1 is 1.29 bits per heavy atom. The average Bonchev–Trinajstić information content (AvgIpc) is 2.46. The molecule has 0 bridgehead atoms. The molecule has 2 unspecified atom stereocenters. The molecule has 1 N–H and O–H groups in total. The van der Waals surface area contributed by atoms with Crippen LogP contribution < -0.4 is 5.32 Å². The van der Waals surface area contributed by atoms with E-state index in [0.717, 1.165) is 26.2 Å².